The van der Waals surface area contributed by atoms with E-state index in [-0.39, 0.29) is 11.8 Å². The van der Waals surface area contributed by atoms with Crippen molar-refractivity contribution in [3.05, 3.63) is 6.92 Å². The van der Waals surface area contributed by atoms with Crippen LogP contribution in [0, 0.1) is 6.92 Å². The molecule has 2 aliphatic rings. The molecule has 58 valence electrons. The van der Waals surface area contributed by atoms with Gasteiger partial charge in [-0.2, -0.15) is 0 Å². The van der Waals surface area contributed by atoms with Gasteiger partial charge in [-0.05, 0) is 6.42 Å². The summed E-state index contributed by atoms with van der Waals surface area (Å²) in [5, 5.41) is 3.19. The van der Waals surface area contributed by atoms with Gasteiger partial charge in [0.1, 0.15) is 0 Å². The summed E-state index contributed by atoms with van der Waals surface area (Å²) >= 11 is 0. The molecular formula is C7H12NO2-. The largest absolute Gasteiger partial charge is 0.346 e. The Balaban J connectivity index is 2.03. The SMILES string of the molecule is [CH2-]C1CC2(CN1)OCCO2. The normalized spacial score (nSPS) is 37.5. The standard InChI is InChI=1S/C7H12NO2/c1-6-4-7(5-8-6)9-2-3-10-7/h6,8H,1-5H2/q-1. The summed E-state index contributed by atoms with van der Waals surface area (Å²) < 4.78 is 10.9. The second-order valence-electron chi connectivity index (χ2n) is 2.89. The molecule has 0 bridgehead atoms. The molecule has 0 aliphatic carbocycles. The summed E-state index contributed by atoms with van der Waals surface area (Å²) in [6, 6.07) is 0.290. The Morgan fingerprint density at radius 1 is 1.40 bits per heavy atom. The molecule has 2 aliphatic heterocycles. The summed E-state index contributed by atoms with van der Waals surface area (Å²) in [7, 11) is 0. The second kappa shape index (κ2) is 2.19. The molecular weight excluding hydrogens is 130 g/mol. The van der Waals surface area contributed by atoms with Gasteiger partial charge in [-0.15, -0.1) is 6.04 Å². The molecule has 0 aromatic rings. The quantitative estimate of drug-likeness (QED) is 0.480. The van der Waals surface area contributed by atoms with Gasteiger partial charge in [0.2, 0.25) is 0 Å². The summed E-state index contributed by atoms with van der Waals surface area (Å²) in [5.74, 6) is -0.313. The average molecular weight is 142 g/mol. The van der Waals surface area contributed by atoms with E-state index >= 15 is 0 Å². The van der Waals surface area contributed by atoms with Gasteiger partial charge in [0.15, 0.2) is 5.79 Å². The zero-order chi connectivity index (χ0) is 7.03. The van der Waals surface area contributed by atoms with Crippen molar-refractivity contribution in [2.24, 2.45) is 0 Å². The molecule has 1 unspecified atom stereocenters. The van der Waals surface area contributed by atoms with Crippen LogP contribution in [0.4, 0.5) is 0 Å². The van der Waals surface area contributed by atoms with Crippen molar-refractivity contribution in [1.29, 1.82) is 0 Å². The Kier molecular flexibility index (Phi) is 1.44. The van der Waals surface area contributed by atoms with E-state index < -0.39 is 0 Å². The van der Waals surface area contributed by atoms with Gasteiger partial charge in [0.25, 0.3) is 0 Å². The number of hydrogen-bond donors (Lipinski definition) is 1. The van der Waals surface area contributed by atoms with E-state index in [1.165, 1.54) is 0 Å². The third-order valence-electron chi connectivity index (χ3n) is 2.03. The van der Waals surface area contributed by atoms with Crippen molar-refractivity contribution in [2.75, 3.05) is 19.8 Å². The highest BCUT2D eigenvalue weighted by atomic mass is 16.7. The third kappa shape index (κ3) is 0.944. The van der Waals surface area contributed by atoms with Crippen LogP contribution in [0.5, 0.6) is 0 Å². The minimum absolute atomic E-state index is 0.290. The Bertz CT molecular complexity index is 132. The van der Waals surface area contributed by atoms with Crippen LogP contribution in [0.2, 0.25) is 0 Å². The van der Waals surface area contributed by atoms with Gasteiger partial charge in [0, 0.05) is 6.54 Å². The predicted molar refractivity (Wildman–Crippen MR) is 36.4 cm³/mol. The maximum absolute atomic E-state index is 5.45. The molecule has 0 amide bonds. The Morgan fingerprint density at radius 3 is 2.60 bits per heavy atom. The Hall–Kier alpha value is -0.120. The minimum atomic E-state index is -0.313. The molecule has 1 N–H and O–H groups in total. The molecule has 0 aromatic carbocycles. The number of ether oxygens (including phenoxy) is 2. The number of nitrogens with one attached hydrogen (secondary N) is 1. The molecule has 3 heteroatoms. The molecule has 2 saturated heterocycles. The van der Waals surface area contributed by atoms with Crippen molar-refractivity contribution in [3.8, 4) is 0 Å². The lowest BCUT2D eigenvalue weighted by atomic mass is 10.2. The summed E-state index contributed by atoms with van der Waals surface area (Å²) in [5.41, 5.74) is 0. The highest BCUT2D eigenvalue weighted by Gasteiger charge is 2.40. The molecule has 3 nitrogen and oxygen atoms in total. The first-order valence-electron chi connectivity index (χ1n) is 3.65. The molecule has 2 rings (SSSR count). The zero-order valence-corrected chi connectivity index (χ0v) is 5.93. The first-order valence-corrected chi connectivity index (χ1v) is 3.65. The van der Waals surface area contributed by atoms with Gasteiger partial charge in [-0.1, -0.05) is 0 Å². The molecule has 2 heterocycles. The molecule has 10 heavy (non-hydrogen) atoms. The lowest BCUT2D eigenvalue weighted by Gasteiger charge is -2.20. The number of rotatable bonds is 0. The fourth-order valence-corrected chi connectivity index (χ4v) is 1.54. The lowest BCUT2D eigenvalue weighted by molar-refractivity contribution is -0.140. The van der Waals surface area contributed by atoms with Crippen LogP contribution in [0.15, 0.2) is 0 Å². The van der Waals surface area contributed by atoms with Crippen molar-refractivity contribution in [1.82, 2.24) is 5.32 Å². The lowest BCUT2D eigenvalue weighted by Crippen LogP contribution is -2.32. The number of hydrogen-bond acceptors (Lipinski definition) is 3. The van der Waals surface area contributed by atoms with E-state index in [0.29, 0.717) is 0 Å². The highest BCUT2D eigenvalue weighted by Crippen LogP contribution is 2.28. The molecule has 0 saturated carbocycles. The maximum Gasteiger partial charge on any atom is 0.179 e. The second-order valence-corrected chi connectivity index (χ2v) is 2.89. The highest BCUT2D eigenvalue weighted by molar-refractivity contribution is 4.92. The Labute approximate surface area is 60.7 Å². The first-order chi connectivity index (χ1) is 4.81. The fourth-order valence-electron chi connectivity index (χ4n) is 1.54. The van der Waals surface area contributed by atoms with E-state index in [1.807, 2.05) is 0 Å². The minimum Gasteiger partial charge on any atom is -0.346 e. The summed E-state index contributed by atoms with van der Waals surface area (Å²) in [4.78, 5) is 0. The topological polar surface area (TPSA) is 30.5 Å². The molecule has 1 atom stereocenters. The summed E-state index contributed by atoms with van der Waals surface area (Å²) in [6.45, 7) is 6.14. The van der Waals surface area contributed by atoms with Crippen LogP contribution in [0.25, 0.3) is 0 Å². The molecule has 0 aromatic heterocycles. The van der Waals surface area contributed by atoms with Gasteiger partial charge < -0.3 is 21.7 Å². The van der Waals surface area contributed by atoms with E-state index in [1.54, 1.807) is 0 Å². The monoisotopic (exact) mass is 142 g/mol. The van der Waals surface area contributed by atoms with Gasteiger partial charge >= 0.3 is 0 Å². The van der Waals surface area contributed by atoms with Gasteiger partial charge in [-0.3, -0.25) is 0 Å². The van der Waals surface area contributed by atoms with Gasteiger partial charge in [0.05, 0.1) is 13.2 Å². The van der Waals surface area contributed by atoms with Crippen LogP contribution >= 0.6 is 0 Å². The third-order valence-corrected chi connectivity index (χ3v) is 2.03. The van der Waals surface area contributed by atoms with Gasteiger partial charge in [-0.25, -0.2) is 0 Å². The van der Waals surface area contributed by atoms with Crippen LogP contribution in [0.3, 0.4) is 0 Å². The van der Waals surface area contributed by atoms with Crippen molar-refractivity contribution < 1.29 is 9.47 Å². The fraction of sp³-hybridized carbons (Fsp3) is 0.857. The van der Waals surface area contributed by atoms with E-state index in [2.05, 4.69) is 12.2 Å². The van der Waals surface area contributed by atoms with E-state index in [0.717, 1.165) is 26.2 Å². The zero-order valence-electron chi connectivity index (χ0n) is 5.93. The van der Waals surface area contributed by atoms with E-state index in [4.69, 9.17) is 9.47 Å². The van der Waals surface area contributed by atoms with Crippen LogP contribution in [-0.2, 0) is 9.47 Å². The average Bonchev–Trinajstić information content (AvgIpc) is 2.46. The predicted octanol–water partition coefficient (Wildman–Crippen LogP) is -0.0745. The van der Waals surface area contributed by atoms with Crippen molar-refractivity contribution in [3.63, 3.8) is 0 Å². The molecule has 0 radical (unpaired) electrons. The van der Waals surface area contributed by atoms with Crippen LogP contribution < -0.4 is 5.32 Å². The summed E-state index contributed by atoms with van der Waals surface area (Å²) in [6.07, 6.45) is 0.882. The smallest absolute Gasteiger partial charge is 0.179 e. The van der Waals surface area contributed by atoms with Crippen LogP contribution in [0.1, 0.15) is 6.42 Å². The van der Waals surface area contributed by atoms with Crippen molar-refractivity contribution >= 4 is 0 Å². The first kappa shape index (κ1) is 6.58. The Morgan fingerprint density at radius 2 is 2.10 bits per heavy atom. The van der Waals surface area contributed by atoms with E-state index in [9.17, 15) is 0 Å². The molecule has 1 spiro atoms. The van der Waals surface area contributed by atoms with Crippen molar-refractivity contribution in [2.45, 2.75) is 18.2 Å². The maximum atomic E-state index is 5.45. The molecule has 2 fully saturated rings. The van der Waals surface area contributed by atoms with Crippen LogP contribution in [-0.4, -0.2) is 31.6 Å².